The Morgan fingerprint density at radius 2 is 2.13 bits per heavy atom. The molecule has 0 unspecified atom stereocenters. The van der Waals surface area contributed by atoms with Gasteiger partial charge in [0.1, 0.15) is 0 Å². The Bertz CT molecular complexity index is 457. The number of benzene rings is 1. The van der Waals surface area contributed by atoms with Crippen LogP contribution in [0.25, 0.3) is 10.9 Å². The van der Waals surface area contributed by atoms with E-state index in [-0.39, 0.29) is 0 Å². The Balaban J connectivity index is 2.31. The highest BCUT2D eigenvalue weighted by molar-refractivity contribution is 5.79. The van der Waals surface area contributed by atoms with Crippen LogP contribution in [0.5, 0.6) is 0 Å². The summed E-state index contributed by atoms with van der Waals surface area (Å²) in [4.78, 5) is 2.17. The zero-order valence-corrected chi connectivity index (χ0v) is 9.57. The van der Waals surface area contributed by atoms with Crippen molar-refractivity contribution in [2.75, 3.05) is 20.6 Å². The summed E-state index contributed by atoms with van der Waals surface area (Å²) in [5, 5.41) is 5.62. The lowest BCUT2D eigenvalue weighted by molar-refractivity contribution is 0.377. The molecule has 3 nitrogen and oxygen atoms in total. The molecule has 80 valence electrons. The van der Waals surface area contributed by atoms with Gasteiger partial charge in [0.15, 0.2) is 0 Å². The van der Waals surface area contributed by atoms with Gasteiger partial charge < -0.3 is 4.90 Å². The number of hydrogen-bond acceptors (Lipinski definition) is 2. The molecule has 1 aromatic heterocycles. The van der Waals surface area contributed by atoms with E-state index in [1.54, 1.807) is 0 Å². The summed E-state index contributed by atoms with van der Waals surface area (Å²) < 4.78 is 2.07. The highest BCUT2D eigenvalue weighted by atomic mass is 15.3. The second-order valence-corrected chi connectivity index (χ2v) is 4.23. The molecule has 0 N–H and O–H groups in total. The number of hydrogen-bond donors (Lipinski definition) is 0. The lowest BCUT2D eigenvalue weighted by Crippen LogP contribution is -2.18. The lowest BCUT2D eigenvalue weighted by Gasteiger charge is -2.10. The zero-order valence-electron chi connectivity index (χ0n) is 9.57. The van der Waals surface area contributed by atoms with E-state index in [1.807, 2.05) is 6.20 Å². The highest BCUT2D eigenvalue weighted by Gasteiger charge is 2.02. The molecule has 0 saturated carbocycles. The van der Waals surface area contributed by atoms with Gasteiger partial charge in [0, 0.05) is 11.9 Å². The number of fused-ring (bicyclic) bond motifs is 1. The predicted octanol–water partition coefficient (Wildman–Crippen LogP) is 1.91. The van der Waals surface area contributed by atoms with Gasteiger partial charge in [-0.05, 0) is 32.6 Å². The van der Waals surface area contributed by atoms with E-state index in [0.717, 1.165) is 13.1 Å². The van der Waals surface area contributed by atoms with E-state index in [0.29, 0.717) is 0 Å². The fraction of sp³-hybridized carbons (Fsp3) is 0.417. The van der Waals surface area contributed by atoms with Crippen LogP contribution < -0.4 is 0 Å². The summed E-state index contributed by atoms with van der Waals surface area (Å²) in [5.41, 5.74) is 2.52. The summed E-state index contributed by atoms with van der Waals surface area (Å²) in [6.07, 6.45) is 1.93. The van der Waals surface area contributed by atoms with E-state index in [2.05, 4.69) is 53.9 Å². The Morgan fingerprint density at radius 1 is 1.33 bits per heavy atom. The Kier molecular flexibility index (Phi) is 2.73. The predicted molar refractivity (Wildman–Crippen MR) is 63.0 cm³/mol. The largest absolute Gasteiger partial charge is 0.308 e. The normalized spacial score (nSPS) is 11.5. The summed E-state index contributed by atoms with van der Waals surface area (Å²) >= 11 is 0. The third kappa shape index (κ3) is 2.18. The van der Waals surface area contributed by atoms with E-state index in [4.69, 9.17) is 0 Å². The average Bonchev–Trinajstić information content (AvgIpc) is 2.57. The van der Waals surface area contributed by atoms with Gasteiger partial charge in [-0.2, -0.15) is 5.10 Å². The first kappa shape index (κ1) is 10.2. The quantitative estimate of drug-likeness (QED) is 0.759. The molecule has 0 aliphatic rings. The number of aromatic nitrogens is 2. The third-order valence-electron chi connectivity index (χ3n) is 2.56. The molecular formula is C12H17N3. The van der Waals surface area contributed by atoms with E-state index >= 15 is 0 Å². The fourth-order valence-electron chi connectivity index (χ4n) is 1.65. The van der Waals surface area contributed by atoms with Crippen LogP contribution >= 0.6 is 0 Å². The van der Waals surface area contributed by atoms with Gasteiger partial charge in [-0.25, -0.2) is 0 Å². The van der Waals surface area contributed by atoms with Crippen molar-refractivity contribution >= 4 is 10.9 Å². The fourth-order valence-corrected chi connectivity index (χ4v) is 1.65. The van der Waals surface area contributed by atoms with Gasteiger partial charge in [0.25, 0.3) is 0 Å². The number of nitrogens with zero attached hydrogens (tertiary/aromatic N) is 3. The van der Waals surface area contributed by atoms with Gasteiger partial charge in [-0.15, -0.1) is 0 Å². The lowest BCUT2D eigenvalue weighted by atomic mass is 10.2. The summed E-state index contributed by atoms with van der Waals surface area (Å²) in [6, 6.07) is 6.45. The standard InChI is InChI=1S/C12H17N3/c1-10-4-5-11-9-13-15(12(11)8-10)7-6-14(2)3/h4-5,8-9H,6-7H2,1-3H3. The molecule has 1 aromatic carbocycles. The third-order valence-corrected chi connectivity index (χ3v) is 2.56. The van der Waals surface area contributed by atoms with Gasteiger partial charge in [-0.1, -0.05) is 12.1 Å². The Hall–Kier alpha value is -1.35. The van der Waals surface area contributed by atoms with Crippen LogP contribution in [-0.4, -0.2) is 35.3 Å². The monoisotopic (exact) mass is 203 g/mol. The second kappa shape index (κ2) is 4.03. The number of aryl methyl sites for hydroxylation is 1. The first-order valence-corrected chi connectivity index (χ1v) is 5.24. The van der Waals surface area contributed by atoms with Gasteiger partial charge >= 0.3 is 0 Å². The van der Waals surface area contributed by atoms with E-state index < -0.39 is 0 Å². The minimum Gasteiger partial charge on any atom is -0.308 e. The smallest absolute Gasteiger partial charge is 0.0685 e. The first-order valence-electron chi connectivity index (χ1n) is 5.24. The summed E-state index contributed by atoms with van der Waals surface area (Å²) in [7, 11) is 4.16. The molecule has 0 amide bonds. The van der Waals surface area contributed by atoms with Crippen LogP contribution in [0, 0.1) is 6.92 Å². The molecule has 0 bridgehead atoms. The van der Waals surface area contributed by atoms with E-state index in [9.17, 15) is 0 Å². The molecular weight excluding hydrogens is 186 g/mol. The first-order chi connectivity index (χ1) is 7.16. The van der Waals surface area contributed by atoms with Gasteiger partial charge in [0.05, 0.1) is 18.3 Å². The van der Waals surface area contributed by atoms with Crippen molar-refractivity contribution in [1.29, 1.82) is 0 Å². The van der Waals surface area contributed by atoms with E-state index in [1.165, 1.54) is 16.5 Å². The van der Waals surface area contributed by atoms with Crippen molar-refractivity contribution in [3.63, 3.8) is 0 Å². The molecule has 0 aliphatic carbocycles. The molecule has 2 aromatic rings. The highest BCUT2D eigenvalue weighted by Crippen LogP contribution is 2.15. The van der Waals surface area contributed by atoms with Crippen molar-refractivity contribution in [1.82, 2.24) is 14.7 Å². The number of likely N-dealkylation sites (N-methyl/N-ethyl adjacent to an activating group) is 1. The van der Waals surface area contributed by atoms with Crippen LogP contribution in [0.15, 0.2) is 24.4 Å². The maximum Gasteiger partial charge on any atom is 0.0685 e. The minimum atomic E-state index is 0.944. The van der Waals surface area contributed by atoms with Crippen molar-refractivity contribution in [3.05, 3.63) is 30.0 Å². The topological polar surface area (TPSA) is 21.1 Å². The molecule has 0 spiro atoms. The molecule has 1 heterocycles. The minimum absolute atomic E-state index is 0.944. The molecule has 2 rings (SSSR count). The molecule has 0 radical (unpaired) electrons. The Morgan fingerprint density at radius 3 is 2.87 bits per heavy atom. The van der Waals surface area contributed by atoms with Crippen molar-refractivity contribution in [2.24, 2.45) is 0 Å². The van der Waals surface area contributed by atoms with Gasteiger partial charge in [-0.3, -0.25) is 4.68 Å². The average molecular weight is 203 g/mol. The molecule has 0 atom stereocenters. The summed E-state index contributed by atoms with van der Waals surface area (Å²) in [5.74, 6) is 0. The van der Waals surface area contributed by atoms with Gasteiger partial charge in [0.2, 0.25) is 0 Å². The molecule has 0 aliphatic heterocycles. The Labute approximate surface area is 90.3 Å². The van der Waals surface area contributed by atoms with Crippen LogP contribution in [0.3, 0.4) is 0 Å². The molecule has 3 heteroatoms. The molecule has 15 heavy (non-hydrogen) atoms. The van der Waals surface area contributed by atoms with Crippen molar-refractivity contribution in [3.8, 4) is 0 Å². The van der Waals surface area contributed by atoms with Crippen LogP contribution in [-0.2, 0) is 6.54 Å². The maximum atomic E-state index is 4.40. The van der Waals surface area contributed by atoms with Crippen LogP contribution in [0.1, 0.15) is 5.56 Å². The van der Waals surface area contributed by atoms with Crippen LogP contribution in [0.4, 0.5) is 0 Å². The van der Waals surface area contributed by atoms with Crippen molar-refractivity contribution < 1.29 is 0 Å². The maximum absolute atomic E-state index is 4.40. The van der Waals surface area contributed by atoms with Crippen LogP contribution in [0.2, 0.25) is 0 Å². The molecule has 0 fully saturated rings. The van der Waals surface area contributed by atoms with Crippen molar-refractivity contribution in [2.45, 2.75) is 13.5 Å². The zero-order chi connectivity index (χ0) is 10.8. The second-order valence-electron chi connectivity index (χ2n) is 4.23. The SMILES string of the molecule is Cc1ccc2cnn(CCN(C)C)c2c1. The number of rotatable bonds is 3. The molecule has 0 saturated heterocycles. The summed E-state index contributed by atoms with van der Waals surface area (Å²) in [6.45, 7) is 4.08.